The molecule has 0 aromatic heterocycles. The summed E-state index contributed by atoms with van der Waals surface area (Å²) in [5, 5.41) is 5.08. The Labute approximate surface area is 51.9 Å². The fourth-order valence-corrected chi connectivity index (χ4v) is 0.776. The highest BCUT2D eigenvalue weighted by Gasteiger charge is 2.39. The maximum atomic E-state index is 10.6. The molecule has 1 unspecified atom stereocenters. The summed E-state index contributed by atoms with van der Waals surface area (Å²) < 4.78 is 4.97. The zero-order valence-corrected chi connectivity index (χ0v) is 4.63. The van der Waals surface area contributed by atoms with Gasteiger partial charge in [-0.2, -0.15) is 0 Å². The Kier molecular flexibility index (Phi) is 0.790. The Morgan fingerprint density at radius 2 is 2.56 bits per heavy atom. The van der Waals surface area contributed by atoms with E-state index in [1.807, 2.05) is 6.08 Å². The molecule has 2 N–H and O–H groups in total. The van der Waals surface area contributed by atoms with Gasteiger partial charge in [-0.25, -0.2) is 4.79 Å². The number of amides is 2. The highest BCUT2D eigenvalue weighted by atomic mass is 16.6. The number of nitrogens with one attached hydrogen (secondary N) is 2. The fraction of sp³-hybridized carbons (Fsp3) is 0.400. The second-order valence-corrected chi connectivity index (χ2v) is 2.00. The van der Waals surface area contributed by atoms with E-state index in [1.54, 1.807) is 6.20 Å². The summed E-state index contributed by atoms with van der Waals surface area (Å²) in [5.74, 6) is 0. The van der Waals surface area contributed by atoms with Crippen LogP contribution in [0, 0.1) is 0 Å². The fourth-order valence-electron chi connectivity index (χ4n) is 0.776. The normalized spacial score (nSPS) is 38.0. The van der Waals surface area contributed by atoms with E-state index in [1.165, 1.54) is 0 Å². The molecule has 4 heteroatoms. The van der Waals surface area contributed by atoms with E-state index >= 15 is 0 Å². The maximum Gasteiger partial charge on any atom is 0.320 e. The monoisotopic (exact) mass is 126 g/mol. The van der Waals surface area contributed by atoms with Gasteiger partial charge in [-0.15, -0.1) is 0 Å². The summed E-state index contributed by atoms with van der Waals surface area (Å²) in [6.07, 6.45) is 3.42. The van der Waals surface area contributed by atoms with E-state index in [4.69, 9.17) is 4.74 Å². The number of urea groups is 1. The first kappa shape index (κ1) is 4.81. The average molecular weight is 126 g/mol. The number of fused-ring (bicyclic) bond motifs is 1. The van der Waals surface area contributed by atoms with Crippen LogP contribution in [0.15, 0.2) is 12.3 Å². The zero-order valence-electron chi connectivity index (χ0n) is 4.63. The van der Waals surface area contributed by atoms with Crippen molar-refractivity contribution in [1.29, 1.82) is 0 Å². The summed E-state index contributed by atoms with van der Waals surface area (Å²) >= 11 is 0. The van der Waals surface area contributed by atoms with E-state index in [0.29, 0.717) is 0 Å². The molecule has 1 fully saturated rings. The van der Waals surface area contributed by atoms with Crippen molar-refractivity contribution in [3.63, 3.8) is 0 Å². The molecule has 0 spiro atoms. The molecule has 9 heavy (non-hydrogen) atoms. The molecule has 2 heterocycles. The molecule has 1 saturated heterocycles. The molecule has 0 aromatic carbocycles. The molecule has 48 valence electrons. The van der Waals surface area contributed by atoms with Crippen LogP contribution < -0.4 is 10.6 Å². The molecule has 0 radical (unpaired) electrons. The van der Waals surface area contributed by atoms with Crippen LogP contribution in [0.2, 0.25) is 0 Å². The standard InChI is InChI=1S/C5H6N2O2/c8-5-6-2-1-3-4(7-5)9-3/h1-4H,(H2,6,7,8)/t3?,4-/m1/s1. The molecule has 0 aromatic rings. The average Bonchev–Trinajstić information content (AvgIpc) is 2.43. The van der Waals surface area contributed by atoms with Gasteiger partial charge in [0, 0.05) is 6.20 Å². The van der Waals surface area contributed by atoms with Gasteiger partial charge in [0.1, 0.15) is 6.10 Å². The quantitative estimate of drug-likeness (QED) is 0.431. The number of hydrogen-bond donors (Lipinski definition) is 2. The van der Waals surface area contributed by atoms with Crippen LogP contribution in [0.1, 0.15) is 0 Å². The Balaban J connectivity index is 2.11. The number of ether oxygens (including phenoxy) is 1. The van der Waals surface area contributed by atoms with Gasteiger partial charge in [-0.1, -0.05) is 0 Å². The Morgan fingerprint density at radius 1 is 1.67 bits per heavy atom. The van der Waals surface area contributed by atoms with Crippen molar-refractivity contribution in [3.8, 4) is 0 Å². The van der Waals surface area contributed by atoms with E-state index in [0.717, 1.165) is 0 Å². The summed E-state index contributed by atoms with van der Waals surface area (Å²) in [7, 11) is 0. The summed E-state index contributed by atoms with van der Waals surface area (Å²) in [4.78, 5) is 10.6. The van der Waals surface area contributed by atoms with Crippen molar-refractivity contribution < 1.29 is 9.53 Å². The van der Waals surface area contributed by atoms with E-state index < -0.39 is 0 Å². The summed E-state index contributed by atoms with van der Waals surface area (Å²) in [5.41, 5.74) is 0. The molecule has 0 bridgehead atoms. The first-order valence-corrected chi connectivity index (χ1v) is 2.75. The molecular formula is C5H6N2O2. The van der Waals surface area contributed by atoms with Crippen molar-refractivity contribution in [2.24, 2.45) is 0 Å². The molecule has 0 aliphatic carbocycles. The Bertz CT molecular complexity index is 178. The van der Waals surface area contributed by atoms with Gasteiger partial charge in [0.25, 0.3) is 0 Å². The number of hydrogen-bond acceptors (Lipinski definition) is 2. The Morgan fingerprint density at radius 3 is 3.44 bits per heavy atom. The number of epoxide rings is 1. The number of carbonyl (C=O) groups excluding carboxylic acids is 1. The van der Waals surface area contributed by atoms with Gasteiger partial charge >= 0.3 is 6.03 Å². The lowest BCUT2D eigenvalue weighted by atomic mass is 10.4. The van der Waals surface area contributed by atoms with Gasteiger partial charge in [0.05, 0.1) is 0 Å². The lowest BCUT2D eigenvalue weighted by Crippen LogP contribution is -2.33. The number of carbonyl (C=O) groups is 1. The van der Waals surface area contributed by atoms with Crippen LogP contribution in [-0.2, 0) is 4.74 Å². The predicted octanol–water partition coefficient (Wildman–Crippen LogP) is -0.462. The highest BCUT2D eigenvalue weighted by molar-refractivity contribution is 5.76. The van der Waals surface area contributed by atoms with Crippen LogP contribution in [0.3, 0.4) is 0 Å². The third kappa shape index (κ3) is 0.768. The van der Waals surface area contributed by atoms with Gasteiger partial charge in [0.2, 0.25) is 0 Å². The SMILES string of the molecule is O=C1NC=CC2O[C@H]2N1. The minimum atomic E-state index is -0.198. The summed E-state index contributed by atoms with van der Waals surface area (Å²) in [6.45, 7) is 0. The van der Waals surface area contributed by atoms with Crippen LogP contribution in [0.5, 0.6) is 0 Å². The van der Waals surface area contributed by atoms with Crippen molar-refractivity contribution >= 4 is 6.03 Å². The van der Waals surface area contributed by atoms with Crippen LogP contribution in [0.4, 0.5) is 4.79 Å². The van der Waals surface area contributed by atoms with Gasteiger partial charge in [-0.3, -0.25) is 0 Å². The molecule has 2 amide bonds. The molecule has 2 aliphatic heterocycles. The molecule has 2 rings (SSSR count). The van der Waals surface area contributed by atoms with E-state index in [-0.39, 0.29) is 18.4 Å². The summed E-state index contributed by atoms with van der Waals surface area (Å²) in [6, 6.07) is -0.198. The van der Waals surface area contributed by atoms with Gasteiger partial charge < -0.3 is 15.4 Å². The van der Waals surface area contributed by atoms with E-state index in [9.17, 15) is 4.79 Å². The van der Waals surface area contributed by atoms with Crippen molar-refractivity contribution in [2.75, 3.05) is 0 Å². The van der Waals surface area contributed by atoms with Crippen molar-refractivity contribution in [1.82, 2.24) is 10.6 Å². The first-order valence-electron chi connectivity index (χ1n) is 2.75. The lowest BCUT2D eigenvalue weighted by molar-refractivity contribution is 0.237. The molecule has 4 nitrogen and oxygen atoms in total. The van der Waals surface area contributed by atoms with Crippen molar-refractivity contribution in [3.05, 3.63) is 12.3 Å². The third-order valence-corrected chi connectivity index (χ3v) is 1.30. The third-order valence-electron chi connectivity index (χ3n) is 1.30. The van der Waals surface area contributed by atoms with Gasteiger partial charge in [0.15, 0.2) is 6.23 Å². The van der Waals surface area contributed by atoms with E-state index in [2.05, 4.69) is 10.6 Å². The lowest BCUT2D eigenvalue weighted by Gasteiger charge is -1.95. The molecular weight excluding hydrogens is 120 g/mol. The first-order chi connectivity index (χ1) is 4.36. The molecule has 2 atom stereocenters. The highest BCUT2D eigenvalue weighted by Crippen LogP contribution is 2.20. The topological polar surface area (TPSA) is 53.7 Å². The molecule has 2 aliphatic rings. The Hall–Kier alpha value is -1.03. The second kappa shape index (κ2) is 1.48. The minimum Gasteiger partial charge on any atom is -0.343 e. The van der Waals surface area contributed by atoms with Crippen LogP contribution in [-0.4, -0.2) is 18.4 Å². The minimum absolute atomic E-state index is 0.0799. The van der Waals surface area contributed by atoms with Crippen molar-refractivity contribution in [2.45, 2.75) is 12.3 Å². The van der Waals surface area contributed by atoms with Crippen LogP contribution in [0.25, 0.3) is 0 Å². The maximum absolute atomic E-state index is 10.6. The second-order valence-electron chi connectivity index (χ2n) is 2.00. The number of rotatable bonds is 0. The van der Waals surface area contributed by atoms with Crippen LogP contribution >= 0.6 is 0 Å². The van der Waals surface area contributed by atoms with Gasteiger partial charge in [-0.05, 0) is 6.08 Å². The predicted molar refractivity (Wildman–Crippen MR) is 29.5 cm³/mol. The zero-order chi connectivity index (χ0) is 6.27. The molecule has 0 saturated carbocycles. The smallest absolute Gasteiger partial charge is 0.320 e. The largest absolute Gasteiger partial charge is 0.343 e.